The molecule has 160 valence electrons. The Labute approximate surface area is 177 Å². The van der Waals surface area contributed by atoms with Gasteiger partial charge in [-0.05, 0) is 44.6 Å². The normalized spacial score (nSPS) is 22.6. The van der Waals surface area contributed by atoms with Gasteiger partial charge in [-0.1, -0.05) is 36.3 Å². The number of piperidine rings is 1. The molecule has 0 spiro atoms. The number of benzene rings is 1. The van der Waals surface area contributed by atoms with E-state index < -0.39 is 5.41 Å². The van der Waals surface area contributed by atoms with Crippen molar-refractivity contribution < 1.29 is 18.8 Å². The van der Waals surface area contributed by atoms with E-state index in [4.69, 9.17) is 9.26 Å². The van der Waals surface area contributed by atoms with Crippen LogP contribution in [-0.2, 0) is 20.7 Å². The van der Waals surface area contributed by atoms with Crippen LogP contribution in [0.1, 0.15) is 44.4 Å². The van der Waals surface area contributed by atoms with Crippen molar-refractivity contribution in [1.82, 2.24) is 10.1 Å². The van der Waals surface area contributed by atoms with Crippen molar-refractivity contribution in [2.45, 2.75) is 46.5 Å². The Morgan fingerprint density at radius 2 is 1.97 bits per heavy atom. The molecule has 1 aliphatic heterocycles. The molecule has 6 nitrogen and oxygen atoms in total. The van der Waals surface area contributed by atoms with E-state index in [0.717, 1.165) is 23.2 Å². The van der Waals surface area contributed by atoms with Gasteiger partial charge in [0.1, 0.15) is 11.5 Å². The van der Waals surface area contributed by atoms with Crippen LogP contribution in [0.25, 0.3) is 11.3 Å². The van der Waals surface area contributed by atoms with Crippen LogP contribution < -0.4 is 0 Å². The molecule has 1 aromatic carbocycles. The fourth-order valence-electron chi connectivity index (χ4n) is 4.51. The summed E-state index contributed by atoms with van der Waals surface area (Å²) < 4.78 is 11.1. The van der Waals surface area contributed by atoms with Gasteiger partial charge in [0.2, 0.25) is 5.91 Å². The molecule has 0 bridgehead atoms. The van der Waals surface area contributed by atoms with Crippen molar-refractivity contribution in [3.05, 3.63) is 41.7 Å². The minimum Gasteiger partial charge on any atom is -0.466 e. The lowest BCUT2D eigenvalue weighted by Gasteiger charge is -2.39. The van der Waals surface area contributed by atoms with E-state index in [2.05, 4.69) is 12.1 Å². The summed E-state index contributed by atoms with van der Waals surface area (Å²) >= 11 is 0. The maximum Gasteiger partial charge on any atom is 0.312 e. The molecule has 1 aliphatic carbocycles. The Morgan fingerprint density at radius 1 is 1.27 bits per heavy atom. The smallest absolute Gasteiger partial charge is 0.312 e. The number of hydrogen-bond acceptors (Lipinski definition) is 5. The fourth-order valence-corrected chi connectivity index (χ4v) is 4.51. The highest BCUT2D eigenvalue weighted by Gasteiger charge is 2.47. The van der Waals surface area contributed by atoms with Crippen LogP contribution in [0.3, 0.4) is 0 Å². The van der Waals surface area contributed by atoms with Crippen molar-refractivity contribution in [3.63, 3.8) is 0 Å². The van der Waals surface area contributed by atoms with Gasteiger partial charge in [-0.15, -0.1) is 0 Å². The molecule has 2 atom stereocenters. The number of aryl methyl sites for hydroxylation is 1. The highest BCUT2D eigenvalue weighted by Crippen LogP contribution is 2.42. The van der Waals surface area contributed by atoms with Gasteiger partial charge in [0, 0.05) is 37.1 Å². The Bertz CT molecular complexity index is 927. The van der Waals surface area contributed by atoms with Crippen LogP contribution in [-0.4, -0.2) is 41.6 Å². The average molecular weight is 411 g/mol. The zero-order valence-corrected chi connectivity index (χ0v) is 18.0. The third kappa shape index (κ3) is 4.00. The van der Waals surface area contributed by atoms with Gasteiger partial charge in [-0.2, -0.15) is 0 Å². The Balaban J connectivity index is 1.50. The quantitative estimate of drug-likeness (QED) is 0.673. The first-order chi connectivity index (χ1) is 14.4. The van der Waals surface area contributed by atoms with E-state index in [1.807, 2.05) is 49.1 Å². The summed E-state index contributed by atoms with van der Waals surface area (Å²) in [5.74, 6) is 1.37. The third-order valence-corrected chi connectivity index (χ3v) is 6.66. The average Bonchev–Trinajstić information content (AvgIpc) is 3.30. The second-order valence-corrected chi connectivity index (χ2v) is 8.82. The first kappa shape index (κ1) is 20.6. The summed E-state index contributed by atoms with van der Waals surface area (Å²) in [5, 5.41) is 4.24. The van der Waals surface area contributed by atoms with Gasteiger partial charge in [-0.25, -0.2) is 0 Å². The Morgan fingerprint density at radius 3 is 2.60 bits per heavy atom. The third-order valence-electron chi connectivity index (χ3n) is 6.66. The number of carbonyl (C=O) groups excluding carboxylic acids is 2. The fraction of sp³-hybridized carbons (Fsp3) is 0.542. The molecule has 6 heteroatoms. The minimum atomic E-state index is -0.676. The zero-order valence-electron chi connectivity index (χ0n) is 18.0. The minimum absolute atomic E-state index is 0.172. The molecular formula is C24H30N2O4. The SMILES string of the molecule is CCOC(=O)C1(Cc2cc(-c3ccccc3C)no2)CCN(C(=O)[C@@H]2C[C@H]2C)CC1. The summed E-state index contributed by atoms with van der Waals surface area (Å²) in [6, 6.07) is 9.95. The van der Waals surface area contributed by atoms with Gasteiger partial charge in [-0.3, -0.25) is 9.59 Å². The molecular weight excluding hydrogens is 380 g/mol. The van der Waals surface area contributed by atoms with E-state index in [0.29, 0.717) is 50.6 Å². The molecule has 30 heavy (non-hydrogen) atoms. The molecule has 1 aromatic heterocycles. The molecule has 1 saturated carbocycles. The number of likely N-dealkylation sites (tertiary alicyclic amines) is 1. The Hall–Kier alpha value is -2.63. The van der Waals surface area contributed by atoms with Gasteiger partial charge >= 0.3 is 5.97 Å². The van der Waals surface area contributed by atoms with E-state index >= 15 is 0 Å². The second-order valence-electron chi connectivity index (χ2n) is 8.82. The lowest BCUT2D eigenvalue weighted by atomic mass is 9.74. The van der Waals surface area contributed by atoms with Crippen LogP contribution in [0.5, 0.6) is 0 Å². The van der Waals surface area contributed by atoms with Crippen LogP contribution in [0.2, 0.25) is 0 Å². The maximum atomic E-state index is 12.9. The predicted molar refractivity (Wildman–Crippen MR) is 113 cm³/mol. The number of ether oxygens (including phenoxy) is 1. The maximum absolute atomic E-state index is 12.9. The summed E-state index contributed by atoms with van der Waals surface area (Å²) in [6.45, 7) is 7.49. The highest BCUT2D eigenvalue weighted by molar-refractivity contribution is 5.82. The number of esters is 1. The standard InChI is InChI=1S/C24H30N2O4/c1-4-29-23(28)24(9-11-26(12-10-24)22(27)20-13-17(20)3)15-18-14-21(25-30-18)19-8-6-5-7-16(19)2/h5-8,14,17,20H,4,9-13,15H2,1-3H3/t17-,20-/m1/s1. The van der Waals surface area contributed by atoms with Crippen LogP contribution in [0.4, 0.5) is 0 Å². The van der Waals surface area contributed by atoms with Gasteiger partial charge in [0.25, 0.3) is 0 Å². The second kappa shape index (κ2) is 8.25. The molecule has 4 rings (SSSR count). The number of rotatable bonds is 6. The Kier molecular flexibility index (Phi) is 5.67. The number of nitrogens with zero attached hydrogens (tertiary/aromatic N) is 2. The van der Waals surface area contributed by atoms with Crippen molar-refractivity contribution in [2.75, 3.05) is 19.7 Å². The summed E-state index contributed by atoms with van der Waals surface area (Å²) in [6.07, 6.45) is 2.59. The van der Waals surface area contributed by atoms with Crippen molar-refractivity contribution in [2.24, 2.45) is 17.3 Å². The van der Waals surface area contributed by atoms with Crippen molar-refractivity contribution >= 4 is 11.9 Å². The van der Waals surface area contributed by atoms with Crippen LogP contribution >= 0.6 is 0 Å². The lowest BCUT2D eigenvalue weighted by Crippen LogP contribution is -2.48. The molecule has 0 N–H and O–H groups in total. The number of hydrogen-bond donors (Lipinski definition) is 0. The number of carbonyl (C=O) groups is 2. The molecule has 0 unspecified atom stereocenters. The molecule has 2 aromatic rings. The van der Waals surface area contributed by atoms with Crippen LogP contribution in [0.15, 0.2) is 34.9 Å². The number of aromatic nitrogens is 1. The molecule has 1 amide bonds. The molecule has 1 saturated heterocycles. The van der Waals surface area contributed by atoms with Gasteiger partial charge < -0.3 is 14.2 Å². The summed E-state index contributed by atoms with van der Waals surface area (Å²) in [5.41, 5.74) is 2.25. The first-order valence-electron chi connectivity index (χ1n) is 10.9. The molecule has 2 heterocycles. The van der Waals surface area contributed by atoms with Crippen molar-refractivity contribution in [3.8, 4) is 11.3 Å². The van der Waals surface area contributed by atoms with Gasteiger partial charge in [0.15, 0.2) is 0 Å². The first-order valence-corrected chi connectivity index (χ1v) is 10.9. The van der Waals surface area contributed by atoms with E-state index in [1.165, 1.54) is 0 Å². The number of amides is 1. The predicted octanol–water partition coefficient (Wildman–Crippen LogP) is 4.02. The summed E-state index contributed by atoms with van der Waals surface area (Å²) in [4.78, 5) is 27.5. The van der Waals surface area contributed by atoms with Gasteiger partial charge in [0.05, 0.1) is 12.0 Å². The van der Waals surface area contributed by atoms with E-state index in [-0.39, 0.29) is 17.8 Å². The van der Waals surface area contributed by atoms with E-state index in [9.17, 15) is 9.59 Å². The monoisotopic (exact) mass is 410 g/mol. The summed E-state index contributed by atoms with van der Waals surface area (Å²) in [7, 11) is 0. The molecule has 2 aliphatic rings. The van der Waals surface area contributed by atoms with Crippen molar-refractivity contribution in [1.29, 1.82) is 0 Å². The lowest BCUT2D eigenvalue weighted by molar-refractivity contribution is -0.160. The van der Waals surface area contributed by atoms with E-state index in [1.54, 1.807) is 0 Å². The van der Waals surface area contributed by atoms with Crippen LogP contribution in [0, 0.1) is 24.2 Å². The molecule has 2 fully saturated rings. The largest absolute Gasteiger partial charge is 0.466 e. The topological polar surface area (TPSA) is 72.6 Å². The molecule has 0 radical (unpaired) electrons. The zero-order chi connectivity index (χ0) is 21.3. The highest BCUT2D eigenvalue weighted by atomic mass is 16.5.